The van der Waals surface area contributed by atoms with Crippen molar-refractivity contribution in [2.45, 2.75) is 4.90 Å². The van der Waals surface area contributed by atoms with Gasteiger partial charge >= 0.3 is 0 Å². The van der Waals surface area contributed by atoms with E-state index in [-0.39, 0.29) is 10.0 Å². The number of primary sulfonamides is 1. The van der Waals surface area contributed by atoms with E-state index in [1.165, 1.54) is 12.1 Å². The molecular weight excluding hydrogens is 379 g/mol. The van der Waals surface area contributed by atoms with Crippen LogP contribution in [0.3, 0.4) is 0 Å². The number of rotatable bonds is 4. The minimum Gasteiger partial charge on any atom is -0.330 e. The maximum absolute atomic E-state index is 11.2. The highest BCUT2D eigenvalue weighted by Gasteiger charge is 2.07. The molecule has 6 nitrogen and oxygen atoms in total. The topological polar surface area (TPSA) is 96.2 Å². The minimum atomic E-state index is -3.71. The molecule has 2 aromatic carbocycles. The lowest BCUT2D eigenvalue weighted by Gasteiger charge is -2.13. The summed E-state index contributed by atoms with van der Waals surface area (Å²) in [7, 11) is -3.71. The van der Waals surface area contributed by atoms with E-state index in [4.69, 9.17) is 40.6 Å². The van der Waals surface area contributed by atoms with Gasteiger partial charge in [0.15, 0.2) is 5.11 Å². The molecule has 0 saturated heterocycles. The van der Waals surface area contributed by atoms with E-state index >= 15 is 0 Å². The van der Waals surface area contributed by atoms with Gasteiger partial charge in [0.25, 0.3) is 0 Å². The van der Waals surface area contributed by atoms with Crippen LogP contribution in [-0.2, 0) is 10.0 Å². The molecule has 0 aliphatic rings. The monoisotopic (exact) mass is 390 g/mol. The van der Waals surface area contributed by atoms with Crippen LogP contribution in [0.5, 0.6) is 0 Å². The third-order valence-corrected chi connectivity index (χ3v) is 4.36. The van der Waals surface area contributed by atoms with Crippen molar-refractivity contribution in [1.82, 2.24) is 5.43 Å². The van der Waals surface area contributed by atoms with Crippen molar-refractivity contribution in [2.24, 2.45) is 5.14 Å². The molecule has 0 radical (unpaired) electrons. The van der Waals surface area contributed by atoms with Gasteiger partial charge in [-0.1, -0.05) is 23.2 Å². The molecule has 0 heterocycles. The number of benzene rings is 2. The molecule has 5 N–H and O–H groups in total. The molecule has 0 aliphatic heterocycles. The average Bonchev–Trinajstić information content (AvgIpc) is 2.47. The Bertz CT molecular complexity index is 826. The molecule has 0 saturated carbocycles. The fourth-order valence-corrected chi connectivity index (χ4v) is 2.73. The Morgan fingerprint density at radius 1 is 1.09 bits per heavy atom. The standard InChI is InChI=1S/C13H12Cl2N4O2S2/c14-8-1-6-12(11(15)7-8)17-13(22)19-18-9-2-4-10(5-3-9)23(16,20)21/h1-7,18H,(H2,16,20,21)(H2,17,19,22). The molecule has 10 heteroatoms. The number of nitrogens with two attached hydrogens (primary N) is 1. The third kappa shape index (κ3) is 5.22. The smallest absolute Gasteiger partial charge is 0.238 e. The average molecular weight is 391 g/mol. The summed E-state index contributed by atoms with van der Waals surface area (Å²) in [5.74, 6) is 0. The largest absolute Gasteiger partial charge is 0.330 e. The van der Waals surface area contributed by atoms with Crippen LogP contribution in [0.2, 0.25) is 10.0 Å². The van der Waals surface area contributed by atoms with Gasteiger partial charge < -0.3 is 5.32 Å². The van der Waals surface area contributed by atoms with Crippen molar-refractivity contribution in [2.75, 3.05) is 10.7 Å². The van der Waals surface area contributed by atoms with Crippen LogP contribution >= 0.6 is 35.4 Å². The van der Waals surface area contributed by atoms with Gasteiger partial charge in [0.1, 0.15) is 0 Å². The second-order valence-corrected chi connectivity index (χ2v) is 7.21. The quantitative estimate of drug-likeness (QED) is 0.473. The highest BCUT2D eigenvalue weighted by molar-refractivity contribution is 7.89. The van der Waals surface area contributed by atoms with Crippen LogP contribution < -0.4 is 21.3 Å². The van der Waals surface area contributed by atoms with Crippen molar-refractivity contribution in [3.63, 3.8) is 0 Å². The van der Waals surface area contributed by atoms with Crippen LogP contribution in [0.15, 0.2) is 47.4 Å². The molecule has 122 valence electrons. The molecule has 0 spiro atoms. The predicted octanol–water partition coefficient (Wildman–Crippen LogP) is 2.95. The molecule has 0 atom stereocenters. The van der Waals surface area contributed by atoms with Crippen molar-refractivity contribution < 1.29 is 8.42 Å². The highest BCUT2D eigenvalue weighted by atomic mass is 35.5. The molecule has 0 fully saturated rings. The Hall–Kier alpha value is -1.58. The normalized spacial score (nSPS) is 10.9. The fraction of sp³-hybridized carbons (Fsp3) is 0. The van der Waals surface area contributed by atoms with Crippen LogP contribution in [0.4, 0.5) is 11.4 Å². The second-order valence-electron chi connectivity index (χ2n) is 4.40. The van der Waals surface area contributed by atoms with Crippen LogP contribution in [0, 0.1) is 0 Å². The predicted molar refractivity (Wildman–Crippen MR) is 97.3 cm³/mol. The van der Waals surface area contributed by atoms with E-state index in [2.05, 4.69) is 16.2 Å². The Morgan fingerprint density at radius 3 is 2.30 bits per heavy atom. The molecule has 0 aliphatic carbocycles. The molecular formula is C13H12Cl2N4O2S2. The summed E-state index contributed by atoms with van der Waals surface area (Å²) in [6.07, 6.45) is 0. The highest BCUT2D eigenvalue weighted by Crippen LogP contribution is 2.25. The number of anilines is 2. The fourth-order valence-electron chi connectivity index (χ4n) is 1.60. The van der Waals surface area contributed by atoms with Crippen LogP contribution in [0.1, 0.15) is 0 Å². The summed E-state index contributed by atoms with van der Waals surface area (Å²) in [6.45, 7) is 0. The Labute approximate surface area is 149 Å². The first-order chi connectivity index (χ1) is 10.8. The van der Waals surface area contributed by atoms with Gasteiger partial charge in [-0.25, -0.2) is 13.6 Å². The summed E-state index contributed by atoms with van der Waals surface area (Å²) < 4.78 is 22.3. The first-order valence-electron chi connectivity index (χ1n) is 6.16. The minimum absolute atomic E-state index is 0.0247. The zero-order chi connectivity index (χ0) is 17.0. The maximum Gasteiger partial charge on any atom is 0.238 e. The number of hydrogen-bond acceptors (Lipinski definition) is 4. The number of halogens is 2. The van der Waals surface area contributed by atoms with Gasteiger partial charge in [-0.3, -0.25) is 10.9 Å². The van der Waals surface area contributed by atoms with Gasteiger partial charge in [0.2, 0.25) is 10.0 Å². The molecule has 0 unspecified atom stereocenters. The Morgan fingerprint density at radius 2 is 1.74 bits per heavy atom. The summed E-state index contributed by atoms with van der Waals surface area (Å²) in [5.41, 5.74) is 6.76. The lowest BCUT2D eigenvalue weighted by molar-refractivity contribution is 0.598. The maximum atomic E-state index is 11.2. The van der Waals surface area contributed by atoms with Crippen LogP contribution in [0.25, 0.3) is 0 Å². The summed E-state index contributed by atoms with van der Waals surface area (Å²) in [4.78, 5) is 0.0247. The molecule has 2 aromatic rings. The van der Waals surface area contributed by atoms with Crippen molar-refractivity contribution in [3.05, 3.63) is 52.5 Å². The van der Waals surface area contributed by atoms with Gasteiger partial charge in [0.05, 0.1) is 21.3 Å². The van der Waals surface area contributed by atoms with E-state index in [1.807, 2.05) is 0 Å². The van der Waals surface area contributed by atoms with Crippen molar-refractivity contribution in [3.8, 4) is 0 Å². The number of nitrogens with one attached hydrogen (secondary N) is 3. The van der Waals surface area contributed by atoms with Gasteiger partial charge in [0, 0.05) is 5.02 Å². The van der Waals surface area contributed by atoms with E-state index in [0.29, 0.717) is 21.4 Å². The van der Waals surface area contributed by atoms with Crippen LogP contribution in [-0.4, -0.2) is 13.5 Å². The summed E-state index contributed by atoms with van der Waals surface area (Å²) in [6, 6.07) is 10.8. The first kappa shape index (κ1) is 17.8. The lowest BCUT2D eigenvalue weighted by Crippen LogP contribution is -2.33. The van der Waals surface area contributed by atoms with E-state index in [1.54, 1.807) is 30.3 Å². The van der Waals surface area contributed by atoms with Crippen molar-refractivity contribution in [1.29, 1.82) is 0 Å². The summed E-state index contributed by atoms with van der Waals surface area (Å²) >= 11 is 17.0. The molecule has 2 rings (SSSR count). The molecule has 0 aromatic heterocycles. The van der Waals surface area contributed by atoms with E-state index in [9.17, 15) is 8.42 Å². The molecule has 0 amide bonds. The number of thiocarbonyl (C=S) groups is 1. The molecule has 23 heavy (non-hydrogen) atoms. The lowest BCUT2D eigenvalue weighted by atomic mass is 10.3. The summed E-state index contributed by atoms with van der Waals surface area (Å²) in [5, 5.41) is 9.14. The third-order valence-electron chi connectivity index (χ3n) is 2.68. The van der Waals surface area contributed by atoms with Gasteiger partial charge in [-0.2, -0.15) is 0 Å². The van der Waals surface area contributed by atoms with E-state index in [0.717, 1.165) is 0 Å². The van der Waals surface area contributed by atoms with Crippen molar-refractivity contribution >= 4 is 61.9 Å². The van der Waals surface area contributed by atoms with Gasteiger partial charge in [-0.05, 0) is 54.7 Å². The zero-order valence-electron chi connectivity index (χ0n) is 11.5. The Kier molecular flexibility index (Phi) is 5.66. The SMILES string of the molecule is NS(=O)(=O)c1ccc(NNC(=S)Nc2ccc(Cl)cc2Cl)cc1. The van der Waals surface area contributed by atoms with E-state index < -0.39 is 10.0 Å². The molecule has 0 bridgehead atoms. The van der Waals surface area contributed by atoms with Gasteiger partial charge in [-0.15, -0.1) is 0 Å². The Balaban J connectivity index is 1.94. The zero-order valence-corrected chi connectivity index (χ0v) is 14.7. The number of hydrogen-bond donors (Lipinski definition) is 4. The second kappa shape index (κ2) is 7.33. The number of sulfonamides is 1. The number of hydrazine groups is 1. The first-order valence-corrected chi connectivity index (χ1v) is 8.88.